The molecular weight excluding hydrogens is 379 g/mol. The van der Waals surface area contributed by atoms with Gasteiger partial charge in [-0.1, -0.05) is 23.4 Å². The summed E-state index contributed by atoms with van der Waals surface area (Å²) < 4.78 is 43.0. The number of thioether (sulfide) groups is 1. The van der Waals surface area contributed by atoms with E-state index in [1.165, 1.54) is 0 Å². The third-order valence-electron chi connectivity index (χ3n) is 3.22. The molecule has 1 N–H and O–H groups in total. The summed E-state index contributed by atoms with van der Waals surface area (Å²) in [6.07, 6.45) is -3.89. The normalized spacial score (nSPS) is 11.2. The number of pyridine rings is 1. The molecule has 0 unspecified atom stereocenters. The number of hydrogen-bond acceptors (Lipinski definition) is 5. The topological polar surface area (TPSA) is 78.9 Å². The van der Waals surface area contributed by atoms with Gasteiger partial charge in [0.1, 0.15) is 22.4 Å². The average molecular weight is 390 g/mol. The van der Waals surface area contributed by atoms with Gasteiger partial charge < -0.3 is 4.42 Å². The number of furan rings is 1. The quantitative estimate of drug-likeness (QED) is 0.775. The molecule has 1 amide bonds. The van der Waals surface area contributed by atoms with Gasteiger partial charge in [-0.15, -0.1) is 0 Å². The maximum Gasteiger partial charge on any atom is 0.417 e. The molecule has 132 valence electrons. The Morgan fingerprint density at radius 3 is 2.72 bits per heavy atom. The molecule has 2 rings (SSSR count). The Bertz CT molecular complexity index is 859. The molecule has 0 fully saturated rings. The number of carbonyl (C=O) groups excluding carboxylic acids is 1. The fourth-order valence-electron chi connectivity index (χ4n) is 1.83. The van der Waals surface area contributed by atoms with E-state index in [9.17, 15) is 18.0 Å². The Kier molecular flexibility index (Phi) is 5.65. The minimum absolute atomic E-state index is 0.0366. The highest BCUT2D eigenvalue weighted by Crippen LogP contribution is 2.33. The van der Waals surface area contributed by atoms with Crippen LogP contribution in [0.2, 0.25) is 5.02 Å². The zero-order valence-corrected chi connectivity index (χ0v) is 14.6. The molecule has 2 aromatic heterocycles. The standard InChI is InChI=1S/C15H11ClF3N3O2S/c1-7-8(2)24-13(10(7)4-20)22-12(23)6-25-14-11(16)3-9(5-21-14)15(17,18)19/h3,5H,6H2,1-2H3,(H,22,23). The van der Waals surface area contributed by atoms with E-state index in [-0.39, 0.29) is 27.2 Å². The van der Waals surface area contributed by atoms with E-state index < -0.39 is 17.6 Å². The van der Waals surface area contributed by atoms with Crippen LogP contribution in [0.1, 0.15) is 22.5 Å². The Morgan fingerprint density at radius 2 is 2.16 bits per heavy atom. The number of hydrogen-bond donors (Lipinski definition) is 1. The van der Waals surface area contributed by atoms with Gasteiger partial charge in [-0.25, -0.2) is 4.98 Å². The molecule has 2 aromatic rings. The zero-order chi connectivity index (χ0) is 18.8. The molecule has 0 radical (unpaired) electrons. The molecule has 0 atom stereocenters. The molecule has 0 spiro atoms. The molecule has 5 nitrogen and oxygen atoms in total. The Balaban J connectivity index is 2.04. The van der Waals surface area contributed by atoms with Crippen molar-refractivity contribution in [3.8, 4) is 6.07 Å². The number of nitrogens with one attached hydrogen (secondary N) is 1. The highest BCUT2D eigenvalue weighted by molar-refractivity contribution is 8.00. The predicted octanol–water partition coefficient (Wildman–Crippen LogP) is 4.57. The van der Waals surface area contributed by atoms with Gasteiger partial charge in [0, 0.05) is 11.8 Å². The molecule has 2 heterocycles. The monoisotopic (exact) mass is 389 g/mol. The van der Waals surface area contributed by atoms with Crippen LogP contribution in [0.5, 0.6) is 0 Å². The molecule has 0 aliphatic rings. The van der Waals surface area contributed by atoms with Crippen LogP contribution in [-0.4, -0.2) is 16.6 Å². The van der Waals surface area contributed by atoms with Crippen molar-refractivity contribution in [3.05, 3.63) is 39.7 Å². The summed E-state index contributed by atoms with van der Waals surface area (Å²) in [4.78, 5) is 15.6. The number of anilines is 1. The molecule has 0 saturated heterocycles. The second-order valence-electron chi connectivity index (χ2n) is 4.94. The average Bonchev–Trinajstić information content (AvgIpc) is 2.78. The maximum absolute atomic E-state index is 12.6. The number of carbonyl (C=O) groups is 1. The lowest BCUT2D eigenvalue weighted by Gasteiger charge is -2.08. The zero-order valence-electron chi connectivity index (χ0n) is 13.0. The van der Waals surface area contributed by atoms with Crippen molar-refractivity contribution >= 4 is 35.2 Å². The minimum Gasteiger partial charge on any atom is -0.444 e. The highest BCUT2D eigenvalue weighted by atomic mass is 35.5. The number of halogens is 4. The SMILES string of the molecule is Cc1oc(NC(=O)CSc2ncc(C(F)(F)F)cc2Cl)c(C#N)c1C. The van der Waals surface area contributed by atoms with Crippen LogP contribution >= 0.6 is 23.4 Å². The van der Waals surface area contributed by atoms with Gasteiger partial charge in [-0.2, -0.15) is 18.4 Å². The van der Waals surface area contributed by atoms with E-state index >= 15 is 0 Å². The Morgan fingerprint density at radius 1 is 1.48 bits per heavy atom. The van der Waals surface area contributed by atoms with E-state index in [1.54, 1.807) is 13.8 Å². The van der Waals surface area contributed by atoms with Gasteiger partial charge in [0.15, 0.2) is 0 Å². The minimum atomic E-state index is -4.54. The number of rotatable bonds is 4. The lowest BCUT2D eigenvalue weighted by molar-refractivity contribution is -0.137. The second kappa shape index (κ2) is 7.37. The van der Waals surface area contributed by atoms with Gasteiger partial charge in [0.25, 0.3) is 0 Å². The second-order valence-corrected chi connectivity index (χ2v) is 6.32. The van der Waals surface area contributed by atoms with Gasteiger partial charge in [-0.05, 0) is 19.9 Å². The van der Waals surface area contributed by atoms with E-state index in [0.29, 0.717) is 17.5 Å². The molecule has 0 aromatic carbocycles. The number of amides is 1. The van der Waals surface area contributed by atoms with E-state index in [0.717, 1.165) is 17.8 Å². The first-order valence-corrected chi connectivity index (χ1v) is 8.15. The molecule has 0 saturated carbocycles. The van der Waals surface area contributed by atoms with Crippen LogP contribution in [0.15, 0.2) is 21.7 Å². The summed E-state index contributed by atoms with van der Waals surface area (Å²) in [5.74, 6) is -0.128. The van der Waals surface area contributed by atoms with Crippen molar-refractivity contribution < 1.29 is 22.4 Å². The van der Waals surface area contributed by atoms with Crippen molar-refractivity contribution in [2.75, 3.05) is 11.1 Å². The summed E-state index contributed by atoms with van der Waals surface area (Å²) >= 11 is 6.65. The van der Waals surface area contributed by atoms with Gasteiger partial charge in [0.05, 0.1) is 16.3 Å². The summed E-state index contributed by atoms with van der Waals surface area (Å²) in [7, 11) is 0. The van der Waals surface area contributed by atoms with Crippen LogP contribution in [0.25, 0.3) is 0 Å². The first-order valence-electron chi connectivity index (χ1n) is 6.79. The largest absolute Gasteiger partial charge is 0.444 e. The van der Waals surface area contributed by atoms with Gasteiger partial charge in [-0.3, -0.25) is 10.1 Å². The van der Waals surface area contributed by atoms with Crippen molar-refractivity contribution in [1.82, 2.24) is 4.98 Å². The van der Waals surface area contributed by atoms with Crippen molar-refractivity contribution in [1.29, 1.82) is 5.26 Å². The lowest BCUT2D eigenvalue weighted by Crippen LogP contribution is -2.14. The van der Waals surface area contributed by atoms with Crippen molar-refractivity contribution in [2.24, 2.45) is 0 Å². The molecular formula is C15H11ClF3N3O2S. The fourth-order valence-corrected chi connectivity index (χ4v) is 2.83. The first-order chi connectivity index (χ1) is 11.6. The van der Waals surface area contributed by atoms with E-state index in [4.69, 9.17) is 21.3 Å². The molecule has 0 aliphatic heterocycles. The third-order valence-corrected chi connectivity index (χ3v) is 4.63. The predicted molar refractivity (Wildman–Crippen MR) is 86.5 cm³/mol. The number of aryl methyl sites for hydroxylation is 1. The molecule has 25 heavy (non-hydrogen) atoms. The summed E-state index contributed by atoms with van der Waals surface area (Å²) in [5.41, 5.74) is -0.119. The summed E-state index contributed by atoms with van der Waals surface area (Å²) in [6.45, 7) is 3.35. The van der Waals surface area contributed by atoms with Crippen LogP contribution < -0.4 is 5.32 Å². The van der Waals surface area contributed by atoms with Gasteiger partial charge >= 0.3 is 6.18 Å². The first kappa shape index (κ1) is 19.1. The third kappa shape index (κ3) is 4.46. The summed E-state index contributed by atoms with van der Waals surface area (Å²) in [6, 6.07) is 2.69. The van der Waals surface area contributed by atoms with Crippen molar-refractivity contribution in [3.63, 3.8) is 0 Å². The van der Waals surface area contributed by atoms with Crippen LogP contribution in [0.4, 0.5) is 19.1 Å². The number of alkyl halides is 3. The Hall–Kier alpha value is -2.18. The van der Waals surface area contributed by atoms with Gasteiger partial charge in [0.2, 0.25) is 11.8 Å². The highest BCUT2D eigenvalue weighted by Gasteiger charge is 2.31. The summed E-state index contributed by atoms with van der Waals surface area (Å²) in [5, 5.41) is 11.4. The van der Waals surface area contributed by atoms with Crippen LogP contribution in [-0.2, 0) is 11.0 Å². The Labute approximate surface area is 150 Å². The smallest absolute Gasteiger partial charge is 0.417 e. The van der Waals surface area contributed by atoms with Crippen LogP contribution in [0, 0.1) is 25.2 Å². The lowest BCUT2D eigenvalue weighted by atomic mass is 10.2. The maximum atomic E-state index is 12.6. The number of nitrogens with zero attached hydrogens (tertiary/aromatic N) is 2. The number of aromatic nitrogens is 1. The van der Waals surface area contributed by atoms with Crippen molar-refractivity contribution in [2.45, 2.75) is 25.0 Å². The van der Waals surface area contributed by atoms with E-state index in [2.05, 4.69) is 10.3 Å². The number of nitriles is 1. The molecule has 10 heteroatoms. The molecule has 0 bridgehead atoms. The van der Waals surface area contributed by atoms with E-state index in [1.807, 2.05) is 6.07 Å². The van der Waals surface area contributed by atoms with Crippen LogP contribution in [0.3, 0.4) is 0 Å². The molecule has 0 aliphatic carbocycles. The fraction of sp³-hybridized carbons (Fsp3) is 0.267.